The first-order chi connectivity index (χ1) is 13.5. The Balaban J connectivity index is 1.59. The van der Waals surface area contributed by atoms with Gasteiger partial charge in [-0.15, -0.1) is 11.3 Å². The zero-order valence-electron chi connectivity index (χ0n) is 15.3. The second-order valence-corrected chi connectivity index (χ2v) is 9.15. The number of anilines is 1. The number of halogens is 2. The fourth-order valence-electron chi connectivity index (χ4n) is 4.17. The Labute approximate surface area is 178 Å². The van der Waals surface area contributed by atoms with Crippen LogP contribution in [0.15, 0.2) is 23.7 Å². The Morgan fingerprint density at radius 3 is 2.71 bits per heavy atom. The number of carbonyl (C=O) groups excluding carboxylic acids is 2. The highest BCUT2D eigenvalue weighted by Gasteiger charge is 2.38. The summed E-state index contributed by atoms with van der Waals surface area (Å²) in [4.78, 5) is 32.0. The lowest BCUT2D eigenvalue weighted by Crippen LogP contribution is -2.45. The van der Waals surface area contributed by atoms with Crippen LogP contribution in [0.3, 0.4) is 0 Å². The summed E-state index contributed by atoms with van der Waals surface area (Å²) in [5.41, 5.74) is 1.35. The van der Waals surface area contributed by atoms with E-state index in [-0.39, 0.29) is 11.8 Å². The monoisotopic (exact) mass is 437 g/mol. The van der Waals surface area contributed by atoms with Gasteiger partial charge in [0.05, 0.1) is 10.0 Å². The van der Waals surface area contributed by atoms with Crippen LogP contribution in [-0.2, 0) is 11.3 Å². The fraction of sp³-hybridized carbons (Fsp3) is 0.450. The molecule has 1 aromatic carbocycles. The van der Waals surface area contributed by atoms with Crippen molar-refractivity contribution in [3.05, 3.63) is 44.9 Å². The predicted octanol–water partition coefficient (Wildman–Crippen LogP) is 5.38. The van der Waals surface area contributed by atoms with E-state index in [2.05, 4.69) is 10.3 Å². The smallest absolute Gasteiger partial charge is 0.255 e. The minimum Gasteiger partial charge on any atom is -0.322 e. The first kappa shape index (κ1) is 19.7. The predicted molar refractivity (Wildman–Crippen MR) is 112 cm³/mol. The van der Waals surface area contributed by atoms with Gasteiger partial charge in [0.1, 0.15) is 6.04 Å². The number of hydrogen-bond acceptors (Lipinski definition) is 4. The molecule has 1 saturated carbocycles. The van der Waals surface area contributed by atoms with Crippen LogP contribution in [0.4, 0.5) is 5.13 Å². The Bertz CT molecular complexity index is 882. The molecule has 0 bridgehead atoms. The Morgan fingerprint density at radius 1 is 1.25 bits per heavy atom. The molecule has 0 saturated heterocycles. The second-order valence-electron chi connectivity index (χ2n) is 7.44. The maximum atomic E-state index is 13.1. The van der Waals surface area contributed by atoms with E-state index in [0.717, 1.165) is 18.4 Å². The largest absolute Gasteiger partial charge is 0.322 e. The summed E-state index contributed by atoms with van der Waals surface area (Å²) in [5.74, 6) is 0.104. The highest BCUT2D eigenvalue weighted by atomic mass is 35.5. The van der Waals surface area contributed by atoms with Crippen molar-refractivity contribution in [2.24, 2.45) is 5.92 Å². The summed E-state index contributed by atoms with van der Waals surface area (Å²) in [6.45, 7) is 0.369. The Hall–Kier alpha value is -1.63. The van der Waals surface area contributed by atoms with Gasteiger partial charge in [0.2, 0.25) is 5.91 Å². The molecule has 5 nitrogen and oxygen atoms in total. The molecule has 1 N–H and O–H groups in total. The molecule has 2 amide bonds. The standard InChI is InChI=1S/C20H21Cl2N3O2S/c21-15-9-13-11-25(19(27)14(13)10-16(15)22)17(8-12-4-2-1-3-5-12)18(26)24-20-23-6-7-28-20/h6-7,9-10,12,17H,1-5,8,11H2,(H,23,24,26). The number of aromatic nitrogens is 1. The third-order valence-corrected chi connectivity index (χ3v) is 7.01. The molecule has 1 aliphatic carbocycles. The van der Waals surface area contributed by atoms with E-state index >= 15 is 0 Å². The normalized spacial score (nSPS) is 18.2. The minimum atomic E-state index is -0.538. The molecule has 0 spiro atoms. The molecule has 1 fully saturated rings. The van der Waals surface area contributed by atoms with Gasteiger partial charge in [-0.2, -0.15) is 0 Å². The molecule has 1 aliphatic heterocycles. The van der Waals surface area contributed by atoms with Crippen molar-refractivity contribution in [1.82, 2.24) is 9.88 Å². The molecule has 0 radical (unpaired) electrons. The summed E-state index contributed by atoms with van der Waals surface area (Å²) in [6, 6.07) is 2.80. The quantitative estimate of drug-likeness (QED) is 0.682. The number of benzene rings is 1. The highest BCUT2D eigenvalue weighted by Crippen LogP contribution is 2.35. The molecular formula is C20H21Cl2N3O2S. The van der Waals surface area contributed by atoms with Gasteiger partial charge >= 0.3 is 0 Å². The van der Waals surface area contributed by atoms with E-state index in [1.807, 2.05) is 5.38 Å². The van der Waals surface area contributed by atoms with E-state index in [0.29, 0.717) is 39.6 Å². The van der Waals surface area contributed by atoms with E-state index in [9.17, 15) is 9.59 Å². The summed E-state index contributed by atoms with van der Waals surface area (Å²) in [7, 11) is 0. The van der Waals surface area contributed by atoms with Crippen LogP contribution in [0.25, 0.3) is 0 Å². The topological polar surface area (TPSA) is 62.3 Å². The van der Waals surface area contributed by atoms with Crippen LogP contribution in [0.5, 0.6) is 0 Å². The van der Waals surface area contributed by atoms with Crippen LogP contribution in [0.1, 0.15) is 54.4 Å². The maximum Gasteiger partial charge on any atom is 0.255 e. The number of amides is 2. The van der Waals surface area contributed by atoms with Crippen LogP contribution >= 0.6 is 34.5 Å². The van der Waals surface area contributed by atoms with Crippen LogP contribution < -0.4 is 5.32 Å². The molecule has 2 heterocycles. The average Bonchev–Trinajstić information content (AvgIpc) is 3.30. The number of hydrogen-bond donors (Lipinski definition) is 1. The average molecular weight is 438 g/mol. The number of carbonyl (C=O) groups is 2. The molecule has 1 unspecified atom stereocenters. The van der Waals surface area contributed by atoms with Crippen molar-refractivity contribution in [2.75, 3.05) is 5.32 Å². The van der Waals surface area contributed by atoms with Crippen molar-refractivity contribution in [3.8, 4) is 0 Å². The number of nitrogens with zero attached hydrogens (tertiary/aromatic N) is 2. The van der Waals surface area contributed by atoms with Crippen molar-refractivity contribution in [3.63, 3.8) is 0 Å². The zero-order chi connectivity index (χ0) is 19.7. The Kier molecular flexibility index (Phi) is 5.90. The first-order valence-corrected chi connectivity index (χ1v) is 11.2. The zero-order valence-corrected chi connectivity index (χ0v) is 17.6. The molecular weight excluding hydrogens is 417 g/mol. The second kappa shape index (κ2) is 8.39. The molecule has 28 heavy (non-hydrogen) atoms. The fourth-order valence-corrected chi connectivity index (χ4v) is 5.05. The lowest BCUT2D eigenvalue weighted by molar-refractivity contribution is -0.121. The van der Waals surface area contributed by atoms with E-state index < -0.39 is 6.04 Å². The van der Waals surface area contributed by atoms with Gasteiger partial charge in [-0.05, 0) is 30.0 Å². The summed E-state index contributed by atoms with van der Waals surface area (Å²) >= 11 is 13.6. The first-order valence-electron chi connectivity index (χ1n) is 9.52. The highest BCUT2D eigenvalue weighted by molar-refractivity contribution is 7.13. The van der Waals surface area contributed by atoms with Crippen LogP contribution in [-0.4, -0.2) is 27.7 Å². The van der Waals surface area contributed by atoms with Crippen molar-refractivity contribution >= 4 is 51.5 Å². The van der Waals surface area contributed by atoms with Gasteiger partial charge in [-0.25, -0.2) is 4.98 Å². The van der Waals surface area contributed by atoms with Crippen molar-refractivity contribution < 1.29 is 9.59 Å². The minimum absolute atomic E-state index is 0.163. The lowest BCUT2D eigenvalue weighted by atomic mass is 9.84. The van der Waals surface area contributed by atoms with Crippen LogP contribution in [0.2, 0.25) is 10.0 Å². The molecule has 1 atom stereocenters. The molecule has 8 heteroatoms. The Morgan fingerprint density at radius 2 is 2.00 bits per heavy atom. The molecule has 2 aliphatic rings. The van der Waals surface area contributed by atoms with Gasteiger partial charge in [-0.3, -0.25) is 9.59 Å². The van der Waals surface area contributed by atoms with Crippen molar-refractivity contribution in [1.29, 1.82) is 0 Å². The number of rotatable bonds is 5. The van der Waals surface area contributed by atoms with Gasteiger partial charge in [-0.1, -0.05) is 55.3 Å². The summed E-state index contributed by atoms with van der Waals surface area (Å²) in [6.07, 6.45) is 8.14. The molecule has 4 rings (SSSR count). The number of fused-ring (bicyclic) bond motifs is 1. The van der Waals surface area contributed by atoms with Gasteiger partial charge in [0.15, 0.2) is 5.13 Å². The van der Waals surface area contributed by atoms with Gasteiger partial charge in [0, 0.05) is 23.7 Å². The van der Waals surface area contributed by atoms with Crippen molar-refractivity contribution in [2.45, 2.75) is 51.1 Å². The van der Waals surface area contributed by atoms with E-state index in [4.69, 9.17) is 23.2 Å². The van der Waals surface area contributed by atoms with Crippen LogP contribution in [0, 0.1) is 5.92 Å². The maximum absolute atomic E-state index is 13.1. The van der Waals surface area contributed by atoms with Gasteiger partial charge < -0.3 is 10.2 Å². The summed E-state index contributed by atoms with van der Waals surface area (Å²) < 4.78 is 0. The molecule has 2 aromatic rings. The SMILES string of the molecule is O=C(Nc1nccs1)C(CC1CCCCC1)N1Cc2cc(Cl)c(Cl)cc2C1=O. The third kappa shape index (κ3) is 4.04. The third-order valence-electron chi connectivity index (χ3n) is 5.60. The number of nitrogens with one attached hydrogen (secondary N) is 1. The van der Waals surface area contributed by atoms with E-state index in [1.165, 1.54) is 30.6 Å². The molecule has 1 aromatic heterocycles. The lowest BCUT2D eigenvalue weighted by Gasteiger charge is -2.31. The number of thiazole rings is 1. The summed E-state index contributed by atoms with van der Waals surface area (Å²) in [5, 5.41) is 6.02. The van der Waals surface area contributed by atoms with Gasteiger partial charge in [0.25, 0.3) is 5.91 Å². The molecule has 148 valence electrons. The van der Waals surface area contributed by atoms with E-state index in [1.54, 1.807) is 23.2 Å².